The highest BCUT2D eigenvalue weighted by molar-refractivity contribution is 9.10. The van der Waals surface area contributed by atoms with Gasteiger partial charge in [-0.3, -0.25) is 10.1 Å². The summed E-state index contributed by atoms with van der Waals surface area (Å²) in [6, 6.07) is 10.6. The van der Waals surface area contributed by atoms with Crippen LogP contribution in [0.15, 0.2) is 50.7 Å². The third-order valence-corrected chi connectivity index (χ3v) is 6.68. The molecule has 0 saturated heterocycles. The highest BCUT2D eigenvalue weighted by Crippen LogP contribution is 2.31. The van der Waals surface area contributed by atoms with Crippen LogP contribution >= 0.6 is 50.5 Å². The summed E-state index contributed by atoms with van der Waals surface area (Å²) < 4.78 is 11.8. The topological polar surface area (TPSA) is 81.4 Å². The number of furan rings is 1. The number of fused-ring (bicyclic) bond motifs is 1. The van der Waals surface area contributed by atoms with Gasteiger partial charge in [-0.2, -0.15) is 0 Å². The van der Waals surface area contributed by atoms with Gasteiger partial charge in [-0.05, 0) is 44.2 Å². The van der Waals surface area contributed by atoms with Crippen molar-refractivity contribution in [3.05, 3.63) is 67.6 Å². The number of anilines is 1. The van der Waals surface area contributed by atoms with Gasteiger partial charge in [0.1, 0.15) is 5.58 Å². The Morgan fingerprint density at radius 1 is 1.19 bits per heavy atom. The molecule has 0 bridgehead atoms. The number of ether oxygens (including phenoxy) is 1. The molecular weight excluding hydrogens is 539 g/mol. The second-order valence-electron chi connectivity index (χ2n) is 6.90. The van der Waals surface area contributed by atoms with Crippen LogP contribution in [0.1, 0.15) is 23.0 Å². The van der Waals surface area contributed by atoms with E-state index in [1.807, 2.05) is 12.1 Å². The minimum absolute atomic E-state index is 0.0638. The van der Waals surface area contributed by atoms with Gasteiger partial charge in [0.25, 0.3) is 5.91 Å². The number of benzene rings is 2. The highest BCUT2D eigenvalue weighted by atomic mass is 79.9. The third kappa shape index (κ3) is 4.68. The smallest absolute Gasteiger partial charge is 0.375 e. The summed E-state index contributed by atoms with van der Waals surface area (Å²) in [5, 5.41) is 6.46. The van der Waals surface area contributed by atoms with Crippen LogP contribution in [0.4, 0.5) is 5.13 Å². The van der Waals surface area contributed by atoms with E-state index in [4.69, 9.17) is 32.4 Å². The van der Waals surface area contributed by atoms with Crippen molar-refractivity contribution < 1.29 is 18.7 Å². The summed E-state index contributed by atoms with van der Waals surface area (Å²) in [5.74, 6) is -1.16. The van der Waals surface area contributed by atoms with Crippen molar-refractivity contribution >= 4 is 78.4 Å². The second-order valence-corrected chi connectivity index (χ2v) is 9.49. The van der Waals surface area contributed by atoms with Gasteiger partial charge in [-0.25, -0.2) is 9.78 Å². The van der Waals surface area contributed by atoms with Crippen LogP contribution in [0.3, 0.4) is 0 Å². The Bertz CT molecular complexity index is 1350. The van der Waals surface area contributed by atoms with Crippen LogP contribution < -0.4 is 5.32 Å². The molecule has 4 rings (SSSR count). The summed E-state index contributed by atoms with van der Waals surface area (Å²) in [5.41, 5.74) is 2.61. The number of nitrogens with zero attached hydrogens (tertiary/aromatic N) is 1. The molecular formula is C22H15BrCl2N2O4S. The molecule has 1 N–H and O–H groups in total. The van der Waals surface area contributed by atoms with Gasteiger partial charge >= 0.3 is 5.97 Å². The first-order valence-electron chi connectivity index (χ1n) is 9.34. The Labute approximate surface area is 205 Å². The van der Waals surface area contributed by atoms with E-state index in [0.717, 1.165) is 15.4 Å². The maximum Gasteiger partial charge on any atom is 0.375 e. The highest BCUT2D eigenvalue weighted by Gasteiger charge is 2.25. The molecule has 2 heterocycles. The Kier molecular flexibility index (Phi) is 6.57. The van der Waals surface area contributed by atoms with E-state index in [2.05, 4.69) is 26.2 Å². The number of aryl methyl sites for hydroxylation is 1. The lowest BCUT2D eigenvalue weighted by Gasteiger charge is -2.11. The molecule has 0 aliphatic carbocycles. The monoisotopic (exact) mass is 552 g/mol. The summed E-state index contributed by atoms with van der Waals surface area (Å²) in [6.45, 7) is 3.25. The quantitative estimate of drug-likeness (QED) is 0.266. The zero-order valence-electron chi connectivity index (χ0n) is 16.7. The van der Waals surface area contributed by atoms with Gasteiger partial charge in [0.2, 0.25) is 5.76 Å². The normalized spacial score (nSPS) is 12.0. The fourth-order valence-corrected chi connectivity index (χ4v) is 4.36. The molecule has 0 spiro atoms. The lowest BCUT2D eigenvalue weighted by Crippen LogP contribution is -2.30. The first kappa shape index (κ1) is 22.8. The van der Waals surface area contributed by atoms with Gasteiger partial charge in [-0.1, -0.05) is 45.2 Å². The molecule has 4 aromatic rings. The summed E-state index contributed by atoms with van der Waals surface area (Å²) in [6.07, 6.45) is -1.06. The first-order chi connectivity index (χ1) is 15.2. The fourth-order valence-electron chi connectivity index (χ4n) is 2.98. The average molecular weight is 554 g/mol. The maximum atomic E-state index is 12.6. The molecule has 0 radical (unpaired) electrons. The molecule has 0 aliphatic rings. The van der Waals surface area contributed by atoms with Crippen LogP contribution in [-0.2, 0) is 9.53 Å². The average Bonchev–Trinajstić information content (AvgIpc) is 3.35. The molecule has 6 nitrogen and oxygen atoms in total. The van der Waals surface area contributed by atoms with E-state index in [-0.39, 0.29) is 5.76 Å². The van der Waals surface area contributed by atoms with Crippen molar-refractivity contribution in [2.75, 3.05) is 5.32 Å². The zero-order chi connectivity index (χ0) is 23.0. The predicted molar refractivity (Wildman–Crippen MR) is 130 cm³/mol. The number of carbonyl (C=O) groups is 2. The number of hydrogen-bond acceptors (Lipinski definition) is 6. The van der Waals surface area contributed by atoms with Gasteiger partial charge in [-0.15, -0.1) is 11.3 Å². The van der Waals surface area contributed by atoms with Crippen molar-refractivity contribution in [3.8, 4) is 11.3 Å². The van der Waals surface area contributed by atoms with Crippen molar-refractivity contribution in [2.45, 2.75) is 20.0 Å². The molecule has 2 aromatic carbocycles. The van der Waals surface area contributed by atoms with Crippen molar-refractivity contribution in [2.24, 2.45) is 0 Å². The Morgan fingerprint density at radius 3 is 2.72 bits per heavy atom. The Hall–Kier alpha value is -2.39. The lowest BCUT2D eigenvalue weighted by molar-refractivity contribution is -0.123. The van der Waals surface area contributed by atoms with E-state index < -0.39 is 18.0 Å². The van der Waals surface area contributed by atoms with Crippen molar-refractivity contribution in [1.82, 2.24) is 4.98 Å². The van der Waals surface area contributed by atoms with Gasteiger partial charge in [0, 0.05) is 26.4 Å². The van der Waals surface area contributed by atoms with Gasteiger partial charge < -0.3 is 9.15 Å². The number of halogens is 3. The van der Waals surface area contributed by atoms with Gasteiger partial charge in [0.05, 0.1) is 15.7 Å². The summed E-state index contributed by atoms with van der Waals surface area (Å²) >= 11 is 16.6. The molecule has 1 unspecified atom stereocenters. The van der Waals surface area contributed by atoms with Crippen LogP contribution in [0.2, 0.25) is 10.0 Å². The number of hydrogen-bond donors (Lipinski definition) is 1. The second kappa shape index (κ2) is 9.23. The third-order valence-electron chi connectivity index (χ3n) is 4.69. The SMILES string of the molecule is Cc1c(C(=O)OC(C)C(=O)Nc2nc(-c3ccc(Cl)c(Cl)c3)cs2)oc2ccc(Br)cc12. The Morgan fingerprint density at radius 2 is 1.97 bits per heavy atom. The predicted octanol–water partition coefficient (Wildman–Crippen LogP) is 7.12. The molecule has 0 fully saturated rings. The van der Waals surface area contributed by atoms with E-state index >= 15 is 0 Å². The van der Waals surface area contributed by atoms with Crippen molar-refractivity contribution in [1.29, 1.82) is 0 Å². The Balaban J connectivity index is 1.43. The minimum Gasteiger partial charge on any atom is -0.449 e. The van der Waals surface area contributed by atoms with Gasteiger partial charge in [0.15, 0.2) is 11.2 Å². The van der Waals surface area contributed by atoms with E-state index in [1.54, 1.807) is 36.6 Å². The number of aromatic nitrogens is 1. The largest absolute Gasteiger partial charge is 0.449 e. The van der Waals surface area contributed by atoms with Crippen LogP contribution in [-0.4, -0.2) is 23.0 Å². The minimum atomic E-state index is -1.06. The van der Waals surface area contributed by atoms with Crippen molar-refractivity contribution in [3.63, 3.8) is 0 Å². The number of carbonyl (C=O) groups excluding carboxylic acids is 2. The van der Waals surface area contributed by atoms with E-state index in [9.17, 15) is 9.59 Å². The van der Waals surface area contributed by atoms with Crippen LogP contribution in [0, 0.1) is 6.92 Å². The van der Waals surface area contributed by atoms with E-state index in [0.29, 0.717) is 32.0 Å². The van der Waals surface area contributed by atoms with Crippen LogP contribution in [0.5, 0.6) is 0 Å². The molecule has 0 aliphatic heterocycles. The number of nitrogens with one attached hydrogen (secondary N) is 1. The molecule has 1 atom stereocenters. The maximum absolute atomic E-state index is 12.6. The first-order valence-corrected chi connectivity index (χ1v) is 11.8. The number of esters is 1. The fraction of sp³-hybridized carbons (Fsp3) is 0.136. The van der Waals surface area contributed by atoms with E-state index in [1.165, 1.54) is 18.3 Å². The molecule has 32 heavy (non-hydrogen) atoms. The zero-order valence-corrected chi connectivity index (χ0v) is 20.7. The molecule has 10 heteroatoms. The summed E-state index contributed by atoms with van der Waals surface area (Å²) in [4.78, 5) is 29.5. The number of thiazole rings is 1. The number of amides is 1. The van der Waals surface area contributed by atoms with Crippen LogP contribution in [0.25, 0.3) is 22.2 Å². The number of rotatable bonds is 5. The molecule has 164 valence electrons. The molecule has 0 saturated carbocycles. The lowest BCUT2D eigenvalue weighted by atomic mass is 10.1. The molecule has 1 amide bonds. The standard InChI is InChI=1S/C22H15BrCl2N2O4S/c1-10-14-8-13(23)4-6-18(14)31-19(10)21(29)30-11(2)20(28)27-22-26-17(9-32-22)12-3-5-15(24)16(25)7-12/h3-9,11H,1-2H3,(H,26,27,28). The summed E-state index contributed by atoms with van der Waals surface area (Å²) in [7, 11) is 0. The molecule has 2 aromatic heterocycles.